The monoisotopic (exact) mass is 251 g/mol. The van der Waals surface area contributed by atoms with E-state index in [9.17, 15) is 4.79 Å². The molecule has 3 aliphatic rings. The molecule has 2 aliphatic heterocycles. The molecule has 1 unspecified atom stereocenters. The lowest BCUT2D eigenvalue weighted by atomic mass is 9.95. The number of hydrogen-bond donors (Lipinski definition) is 1. The Bertz CT molecular complexity index is 325. The fourth-order valence-corrected chi connectivity index (χ4v) is 3.95. The third-order valence-corrected chi connectivity index (χ3v) is 4.96. The van der Waals surface area contributed by atoms with Crippen molar-refractivity contribution in [2.24, 2.45) is 5.92 Å². The molecule has 3 rings (SSSR count). The van der Waals surface area contributed by atoms with E-state index >= 15 is 0 Å². The zero-order valence-corrected chi connectivity index (χ0v) is 11.5. The van der Waals surface area contributed by atoms with Crippen molar-refractivity contribution in [3.63, 3.8) is 0 Å². The normalized spacial score (nSPS) is 32.6. The van der Waals surface area contributed by atoms with E-state index in [0.29, 0.717) is 11.8 Å². The number of likely N-dealkylation sites (tertiary alicyclic amines) is 1. The van der Waals surface area contributed by atoms with Crippen LogP contribution in [0.2, 0.25) is 0 Å². The highest BCUT2D eigenvalue weighted by atomic mass is 16.2. The number of hydrogen-bond acceptors (Lipinski definition) is 3. The zero-order valence-electron chi connectivity index (χ0n) is 11.5. The molecule has 1 amide bonds. The van der Waals surface area contributed by atoms with Crippen molar-refractivity contribution in [3.8, 4) is 0 Å². The van der Waals surface area contributed by atoms with Gasteiger partial charge in [-0.1, -0.05) is 12.8 Å². The fraction of sp³-hybridized carbons (Fsp3) is 0.929. The molecule has 4 heteroatoms. The van der Waals surface area contributed by atoms with E-state index in [1.54, 1.807) is 0 Å². The molecule has 1 saturated carbocycles. The minimum Gasteiger partial charge on any atom is -0.328 e. The van der Waals surface area contributed by atoms with E-state index in [-0.39, 0.29) is 5.54 Å². The maximum atomic E-state index is 12.5. The number of rotatable bonds is 2. The molecule has 4 nitrogen and oxygen atoms in total. The highest BCUT2D eigenvalue weighted by Gasteiger charge is 2.48. The second-order valence-corrected chi connectivity index (χ2v) is 6.42. The lowest BCUT2D eigenvalue weighted by Gasteiger charge is -2.32. The molecule has 1 atom stereocenters. The van der Waals surface area contributed by atoms with Gasteiger partial charge < -0.3 is 9.80 Å². The summed E-state index contributed by atoms with van der Waals surface area (Å²) in [5.74, 6) is 1.05. The summed E-state index contributed by atoms with van der Waals surface area (Å²) < 4.78 is 0. The van der Waals surface area contributed by atoms with Crippen molar-refractivity contribution in [3.05, 3.63) is 0 Å². The molecule has 2 saturated heterocycles. The number of amides is 1. The summed E-state index contributed by atoms with van der Waals surface area (Å²) in [6, 6.07) is 0. The summed E-state index contributed by atoms with van der Waals surface area (Å²) in [5, 5.41) is 3.50. The molecular weight excluding hydrogens is 226 g/mol. The van der Waals surface area contributed by atoms with Gasteiger partial charge in [-0.15, -0.1) is 0 Å². The van der Waals surface area contributed by atoms with Crippen LogP contribution < -0.4 is 5.32 Å². The van der Waals surface area contributed by atoms with Gasteiger partial charge in [0.25, 0.3) is 0 Å². The van der Waals surface area contributed by atoms with Crippen molar-refractivity contribution in [2.75, 3.05) is 33.4 Å². The average molecular weight is 251 g/mol. The topological polar surface area (TPSA) is 35.6 Å². The molecule has 18 heavy (non-hydrogen) atoms. The van der Waals surface area contributed by atoms with E-state index in [1.807, 2.05) is 0 Å². The number of carbonyl (C=O) groups is 1. The molecule has 1 N–H and O–H groups in total. The maximum absolute atomic E-state index is 12.5. The van der Waals surface area contributed by atoms with E-state index in [4.69, 9.17) is 0 Å². The van der Waals surface area contributed by atoms with Gasteiger partial charge in [0, 0.05) is 13.1 Å². The fourth-order valence-electron chi connectivity index (χ4n) is 3.95. The van der Waals surface area contributed by atoms with E-state index < -0.39 is 0 Å². The largest absolute Gasteiger partial charge is 0.328 e. The van der Waals surface area contributed by atoms with Crippen molar-refractivity contribution in [1.82, 2.24) is 15.1 Å². The van der Waals surface area contributed by atoms with Crippen LogP contribution in [0.3, 0.4) is 0 Å². The summed E-state index contributed by atoms with van der Waals surface area (Å²) in [5.41, 5.74) is -0.166. The highest BCUT2D eigenvalue weighted by molar-refractivity contribution is 5.88. The minimum absolute atomic E-state index is 0.166. The Morgan fingerprint density at radius 3 is 2.83 bits per heavy atom. The van der Waals surface area contributed by atoms with Crippen LogP contribution in [0.1, 0.15) is 38.5 Å². The predicted molar refractivity (Wildman–Crippen MR) is 71.1 cm³/mol. The average Bonchev–Trinajstić information content (AvgIpc) is 2.93. The quantitative estimate of drug-likeness (QED) is 0.796. The zero-order chi connectivity index (χ0) is 12.6. The molecule has 3 fully saturated rings. The minimum atomic E-state index is -0.166. The Kier molecular flexibility index (Phi) is 3.32. The number of carbonyl (C=O) groups excluding carboxylic acids is 1. The molecular formula is C14H25N3O. The Labute approximate surface area is 110 Å². The number of nitrogens with zero attached hydrogens (tertiary/aromatic N) is 2. The molecule has 0 radical (unpaired) electrons. The number of nitrogens with one attached hydrogen (secondary N) is 1. The van der Waals surface area contributed by atoms with Crippen LogP contribution in [0.15, 0.2) is 0 Å². The van der Waals surface area contributed by atoms with E-state index in [2.05, 4.69) is 22.2 Å². The summed E-state index contributed by atoms with van der Waals surface area (Å²) in [6.45, 7) is 4.10. The van der Waals surface area contributed by atoms with Crippen LogP contribution in [0.4, 0.5) is 0 Å². The Hall–Kier alpha value is -0.610. The van der Waals surface area contributed by atoms with Gasteiger partial charge in [-0.2, -0.15) is 0 Å². The molecule has 0 aromatic heterocycles. The molecule has 1 aliphatic carbocycles. The molecule has 0 aromatic rings. The van der Waals surface area contributed by atoms with Crippen LogP contribution in [-0.4, -0.2) is 54.6 Å². The van der Waals surface area contributed by atoms with Gasteiger partial charge >= 0.3 is 0 Å². The standard InChI is InChI=1S/C14H25N3O/c1-16-8-4-5-12(9-16)10-17-11-15-14(13(17)18)6-2-3-7-14/h12,15H,2-11H2,1H3. The molecule has 0 aromatic carbocycles. The van der Waals surface area contributed by atoms with Crippen LogP contribution in [0.5, 0.6) is 0 Å². The lowest BCUT2D eigenvalue weighted by molar-refractivity contribution is -0.133. The van der Waals surface area contributed by atoms with Crippen LogP contribution in [0.25, 0.3) is 0 Å². The van der Waals surface area contributed by atoms with Gasteiger partial charge in [0.05, 0.1) is 12.2 Å². The first kappa shape index (κ1) is 12.4. The summed E-state index contributed by atoms with van der Waals surface area (Å²) in [4.78, 5) is 17.0. The van der Waals surface area contributed by atoms with Crippen LogP contribution in [-0.2, 0) is 4.79 Å². The van der Waals surface area contributed by atoms with Gasteiger partial charge in [0.15, 0.2) is 0 Å². The van der Waals surface area contributed by atoms with Crippen molar-refractivity contribution in [1.29, 1.82) is 0 Å². The van der Waals surface area contributed by atoms with Gasteiger partial charge in [0.1, 0.15) is 0 Å². The summed E-state index contributed by atoms with van der Waals surface area (Å²) >= 11 is 0. The van der Waals surface area contributed by atoms with Crippen molar-refractivity contribution < 1.29 is 4.79 Å². The predicted octanol–water partition coefficient (Wildman–Crippen LogP) is 1.03. The summed E-state index contributed by atoms with van der Waals surface area (Å²) in [6.07, 6.45) is 7.07. The molecule has 102 valence electrons. The lowest BCUT2D eigenvalue weighted by Crippen LogP contribution is -2.45. The Morgan fingerprint density at radius 1 is 1.33 bits per heavy atom. The Morgan fingerprint density at radius 2 is 2.11 bits per heavy atom. The van der Waals surface area contributed by atoms with Crippen LogP contribution >= 0.6 is 0 Å². The third kappa shape index (κ3) is 2.16. The van der Waals surface area contributed by atoms with Gasteiger partial charge in [-0.05, 0) is 45.2 Å². The summed E-state index contributed by atoms with van der Waals surface area (Å²) in [7, 11) is 2.19. The first-order chi connectivity index (χ1) is 8.70. The van der Waals surface area contributed by atoms with Crippen LogP contribution in [0, 0.1) is 5.92 Å². The first-order valence-corrected chi connectivity index (χ1v) is 7.43. The van der Waals surface area contributed by atoms with Gasteiger partial charge in [-0.3, -0.25) is 10.1 Å². The van der Waals surface area contributed by atoms with E-state index in [0.717, 1.165) is 32.6 Å². The van der Waals surface area contributed by atoms with Gasteiger partial charge in [-0.25, -0.2) is 0 Å². The molecule has 0 bridgehead atoms. The van der Waals surface area contributed by atoms with Gasteiger partial charge in [0.2, 0.25) is 5.91 Å². The first-order valence-electron chi connectivity index (χ1n) is 7.43. The second kappa shape index (κ2) is 4.82. The molecule has 1 spiro atoms. The number of piperidine rings is 1. The second-order valence-electron chi connectivity index (χ2n) is 6.42. The maximum Gasteiger partial charge on any atom is 0.243 e. The third-order valence-electron chi connectivity index (χ3n) is 4.96. The van der Waals surface area contributed by atoms with Crippen molar-refractivity contribution >= 4 is 5.91 Å². The highest BCUT2D eigenvalue weighted by Crippen LogP contribution is 2.34. The van der Waals surface area contributed by atoms with E-state index in [1.165, 1.54) is 32.2 Å². The SMILES string of the molecule is CN1CCCC(CN2CNC3(CCCC3)C2=O)C1. The smallest absolute Gasteiger partial charge is 0.243 e. The molecule has 2 heterocycles. The Balaban J connectivity index is 1.59. The van der Waals surface area contributed by atoms with Crippen molar-refractivity contribution in [2.45, 2.75) is 44.1 Å².